The second-order valence-electron chi connectivity index (χ2n) is 5.10. The Labute approximate surface area is 127 Å². The van der Waals surface area contributed by atoms with Crippen molar-refractivity contribution in [3.05, 3.63) is 84.8 Å². The third-order valence-corrected chi connectivity index (χ3v) is 3.73. The molecule has 106 valence electrons. The third-order valence-electron chi connectivity index (χ3n) is 3.73. The Morgan fingerprint density at radius 3 is 2.32 bits per heavy atom. The van der Waals surface area contributed by atoms with Gasteiger partial charge in [-0.25, -0.2) is 8.91 Å². The second-order valence-corrected chi connectivity index (χ2v) is 5.10. The molecule has 0 atom stereocenters. The van der Waals surface area contributed by atoms with Gasteiger partial charge in [-0.15, -0.1) is 0 Å². The lowest BCUT2D eigenvalue weighted by Crippen LogP contribution is -1.88. The minimum atomic E-state index is -0.261. The highest BCUT2D eigenvalue weighted by Crippen LogP contribution is 2.35. The van der Waals surface area contributed by atoms with Crippen LogP contribution >= 0.6 is 0 Å². The van der Waals surface area contributed by atoms with Gasteiger partial charge in [0.05, 0.1) is 5.52 Å². The maximum absolute atomic E-state index is 14.3. The lowest BCUT2D eigenvalue weighted by Gasteiger charge is -2.04. The fourth-order valence-corrected chi connectivity index (χ4v) is 2.73. The van der Waals surface area contributed by atoms with E-state index in [9.17, 15) is 4.39 Å². The highest BCUT2D eigenvalue weighted by molar-refractivity contribution is 5.92. The van der Waals surface area contributed by atoms with Crippen LogP contribution in [0.2, 0.25) is 0 Å². The first-order chi connectivity index (χ1) is 10.8. The molecule has 22 heavy (non-hydrogen) atoms. The van der Waals surface area contributed by atoms with E-state index < -0.39 is 0 Å². The Balaban J connectivity index is 2.09. The maximum Gasteiger partial charge on any atom is 0.132 e. The van der Waals surface area contributed by atoms with Crippen molar-refractivity contribution in [3.63, 3.8) is 0 Å². The monoisotopic (exact) mass is 288 g/mol. The van der Waals surface area contributed by atoms with E-state index in [1.165, 1.54) is 6.07 Å². The molecule has 0 amide bonds. The quantitative estimate of drug-likeness (QED) is 0.517. The van der Waals surface area contributed by atoms with E-state index in [1.807, 2.05) is 60.8 Å². The van der Waals surface area contributed by atoms with Gasteiger partial charge in [-0.1, -0.05) is 48.5 Å². The van der Waals surface area contributed by atoms with E-state index in [0.717, 1.165) is 16.6 Å². The van der Waals surface area contributed by atoms with Crippen LogP contribution in [0, 0.1) is 5.82 Å². The number of hydrogen-bond donors (Lipinski definition) is 0. The van der Waals surface area contributed by atoms with Crippen molar-refractivity contribution in [1.82, 2.24) is 9.61 Å². The molecule has 0 aliphatic rings. The Kier molecular flexibility index (Phi) is 2.97. The van der Waals surface area contributed by atoms with Crippen LogP contribution in [0.25, 0.3) is 27.9 Å². The molecule has 0 spiro atoms. The Morgan fingerprint density at radius 1 is 0.773 bits per heavy atom. The Hall–Kier alpha value is -2.94. The van der Waals surface area contributed by atoms with Crippen molar-refractivity contribution in [1.29, 1.82) is 0 Å². The third kappa shape index (κ3) is 1.99. The molecule has 0 bridgehead atoms. The molecule has 0 unspecified atom stereocenters. The van der Waals surface area contributed by atoms with Gasteiger partial charge in [0.25, 0.3) is 0 Å². The van der Waals surface area contributed by atoms with Gasteiger partial charge in [0, 0.05) is 17.3 Å². The van der Waals surface area contributed by atoms with E-state index >= 15 is 0 Å². The molecule has 4 aromatic rings. The summed E-state index contributed by atoms with van der Waals surface area (Å²) in [5, 5.41) is 4.60. The van der Waals surface area contributed by atoms with E-state index in [4.69, 9.17) is 0 Å². The number of rotatable bonds is 2. The van der Waals surface area contributed by atoms with E-state index in [0.29, 0.717) is 11.3 Å². The van der Waals surface area contributed by atoms with E-state index in [2.05, 4.69) is 5.10 Å². The Bertz CT molecular complexity index is 942. The van der Waals surface area contributed by atoms with Crippen LogP contribution in [-0.4, -0.2) is 9.61 Å². The minimum Gasteiger partial charge on any atom is -0.240 e. The number of halogens is 1. The summed E-state index contributed by atoms with van der Waals surface area (Å²) in [4.78, 5) is 0. The van der Waals surface area contributed by atoms with E-state index in [-0.39, 0.29) is 5.82 Å². The first-order valence-electron chi connectivity index (χ1n) is 7.12. The standard InChI is InChI=1S/C19H13FN2/c20-16-11-5-4-10-15(16)19-18(14-8-2-1-3-9-14)17-12-6-7-13-22(17)21-19/h1-13H. The molecular formula is C19H13FN2. The van der Waals surface area contributed by atoms with Crippen molar-refractivity contribution in [2.24, 2.45) is 0 Å². The number of pyridine rings is 1. The molecule has 3 heteroatoms. The van der Waals surface area contributed by atoms with Crippen molar-refractivity contribution in [2.45, 2.75) is 0 Å². The summed E-state index contributed by atoms with van der Waals surface area (Å²) in [6, 6.07) is 22.6. The minimum absolute atomic E-state index is 0.261. The fraction of sp³-hybridized carbons (Fsp3) is 0. The summed E-state index contributed by atoms with van der Waals surface area (Å²) in [5.74, 6) is -0.261. The van der Waals surface area contributed by atoms with Gasteiger partial charge in [0.1, 0.15) is 11.5 Å². The lowest BCUT2D eigenvalue weighted by atomic mass is 9.99. The van der Waals surface area contributed by atoms with Crippen LogP contribution in [0.5, 0.6) is 0 Å². The van der Waals surface area contributed by atoms with Gasteiger partial charge < -0.3 is 0 Å². The van der Waals surface area contributed by atoms with Crippen LogP contribution < -0.4 is 0 Å². The molecule has 0 saturated carbocycles. The molecule has 0 saturated heterocycles. The molecule has 2 heterocycles. The summed E-state index contributed by atoms with van der Waals surface area (Å²) < 4.78 is 16.0. The van der Waals surface area contributed by atoms with Gasteiger partial charge >= 0.3 is 0 Å². The number of fused-ring (bicyclic) bond motifs is 1. The van der Waals surface area contributed by atoms with Crippen LogP contribution in [0.1, 0.15) is 0 Å². The number of nitrogens with zero attached hydrogens (tertiary/aromatic N) is 2. The number of benzene rings is 2. The van der Waals surface area contributed by atoms with Crippen LogP contribution in [0.3, 0.4) is 0 Å². The van der Waals surface area contributed by atoms with Crippen molar-refractivity contribution in [3.8, 4) is 22.4 Å². The normalized spacial score (nSPS) is 11.0. The first kappa shape index (κ1) is 12.8. The smallest absolute Gasteiger partial charge is 0.132 e. The average Bonchev–Trinajstić information content (AvgIpc) is 2.95. The van der Waals surface area contributed by atoms with Gasteiger partial charge in [-0.05, 0) is 29.8 Å². The zero-order valence-corrected chi connectivity index (χ0v) is 11.8. The summed E-state index contributed by atoms with van der Waals surface area (Å²) in [5.41, 5.74) is 4.13. The molecule has 2 aromatic heterocycles. The molecule has 4 rings (SSSR count). The maximum atomic E-state index is 14.3. The zero-order valence-electron chi connectivity index (χ0n) is 11.8. The summed E-state index contributed by atoms with van der Waals surface area (Å²) >= 11 is 0. The zero-order chi connectivity index (χ0) is 14.9. The van der Waals surface area contributed by atoms with Gasteiger partial charge in [0.2, 0.25) is 0 Å². The van der Waals surface area contributed by atoms with E-state index in [1.54, 1.807) is 16.6 Å². The van der Waals surface area contributed by atoms with Gasteiger partial charge in [-0.2, -0.15) is 5.10 Å². The second kappa shape index (κ2) is 5.11. The molecule has 0 N–H and O–H groups in total. The Morgan fingerprint density at radius 2 is 1.50 bits per heavy atom. The van der Waals surface area contributed by atoms with Crippen molar-refractivity contribution < 1.29 is 4.39 Å². The summed E-state index contributed by atoms with van der Waals surface area (Å²) in [6.45, 7) is 0. The van der Waals surface area contributed by atoms with Crippen molar-refractivity contribution >= 4 is 5.52 Å². The first-order valence-corrected chi connectivity index (χ1v) is 7.12. The van der Waals surface area contributed by atoms with Gasteiger partial charge in [-0.3, -0.25) is 0 Å². The molecule has 0 fully saturated rings. The topological polar surface area (TPSA) is 17.3 Å². The summed E-state index contributed by atoms with van der Waals surface area (Å²) in [7, 11) is 0. The van der Waals surface area contributed by atoms with Crippen molar-refractivity contribution in [2.75, 3.05) is 0 Å². The average molecular weight is 288 g/mol. The van der Waals surface area contributed by atoms with Crippen LogP contribution in [0.15, 0.2) is 79.0 Å². The lowest BCUT2D eigenvalue weighted by molar-refractivity contribution is 0.630. The summed E-state index contributed by atoms with van der Waals surface area (Å²) in [6.07, 6.45) is 1.88. The molecule has 0 aliphatic heterocycles. The molecule has 0 aliphatic carbocycles. The SMILES string of the molecule is Fc1ccccc1-c1nn2ccccc2c1-c1ccccc1. The number of aromatic nitrogens is 2. The highest BCUT2D eigenvalue weighted by atomic mass is 19.1. The van der Waals surface area contributed by atoms with Crippen LogP contribution in [-0.2, 0) is 0 Å². The predicted octanol–water partition coefficient (Wildman–Crippen LogP) is 4.81. The molecule has 2 aromatic carbocycles. The largest absolute Gasteiger partial charge is 0.240 e. The van der Waals surface area contributed by atoms with Crippen LogP contribution in [0.4, 0.5) is 4.39 Å². The molecule has 2 nitrogen and oxygen atoms in total. The van der Waals surface area contributed by atoms with Gasteiger partial charge in [0.15, 0.2) is 0 Å². The fourth-order valence-electron chi connectivity index (χ4n) is 2.73. The molecular weight excluding hydrogens is 275 g/mol. The highest BCUT2D eigenvalue weighted by Gasteiger charge is 2.18. The predicted molar refractivity (Wildman–Crippen MR) is 86.0 cm³/mol. The number of hydrogen-bond acceptors (Lipinski definition) is 1. The molecule has 0 radical (unpaired) electrons.